The number of fused-ring (bicyclic) bond motifs is 1. The number of hydrogen-bond acceptors (Lipinski definition) is 1. The number of thiazole rings is 1. The molecule has 1 nitrogen and oxygen atoms in total. The molecule has 36 heavy (non-hydrogen) atoms. The fourth-order valence-corrected chi connectivity index (χ4v) is 6.75. The van der Waals surface area contributed by atoms with Gasteiger partial charge < -0.3 is 0 Å². The number of aryl methyl sites for hydroxylation is 1. The summed E-state index contributed by atoms with van der Waals surface area (Å²) in [5.41, 5.74) is 12.5. The minimum Gasteiger partial charge on any atom is -0.153 e. The highest BCUT2D eigenvalue weighted by Crippen LogP contribution is 2.39. The molecule has 1 aromatic heterocycles. The van der Waals surface area contributed by atoms with Crippen LogP contribution in [0.15, 0.2) is 78.3 Å². The molecule has 0 saturated heterocycles. The summed E-state index contributed by atoms with van der Waals surface area (Å²) in [6.07, 6.45) is 6.34. The number of aromatic nitrogens is 1. The van der Waals surface area contributed by atoms with Crippen molar-refractivity contribution < 1.29 is 4.57 Å². The average Bonchev–Trinajstić information content (AvgIpc) is 3.14. The maximum Gasteiger partial charge on any atom is 0.231 e. The van der Waals surface area contributed by atoms with Gasteiger partial charge in [-0.05, 0) is 53.5 Å². The van der Waals surface area contributed by atoms with E-state index in [0.29, 0.717) is 11.8 Å². The molecular formula is C34H40NS+. The molecule has 1 heterocycles. The molecule has 1 aliphatic rings. The van der Waals surface area contributed by atoms with Crippen molar-refractivity contribution in [2.45, 2.75) is 84.0 Å². The number of hydrogen-bond donors (Lipinski definition) is 0. The van der Waals surface area contributed by atoms with E-state index in [1.807, 2.05) is 11.3 Å². The fourth-order valence-electron chi connectivity index (χ4n) is 5.68. The summed E-state index contributed by atoms with van der Waals surface area (Å²) in [5.74, 6) is 0.609. The first-order valence-electron chi connectivity index (χ1n) is 13.6. The van der Waals surface area contributed by atoms with Gasteiger partial charge in [-0.15, -0.1) is 0 Å². The molecule has 0 N–H and O–H groups in total. The van der Waals surface area contributed by atoms with E-state index in [0.717, 1.165) is 0 Å². The van der Waals surface area contributed by atoms with E-state index in [9.17, 15) is 0 Å². The van der Waals surface area contributed by atoms with Crippen LogP contribution in [0.25, 0.3) is 5.69 Å². The third-order valence-electron chi connectivity index (χ3n) is 8.04. The van der Waals surface area contributed by atoms with Crippen molar-refractivity contribution in [3.05, 3.63) is 117 Å². The first-order chi connectivity index (χ1) is 17.3. The lowest BCUT2D eigenvalue weighted by molar-refractivity contribution is -0.600. The third-order valence-corrected chi connectivity index (χ3v) is 9.08. The molecule has 4 aromatic rings. The summed E-state index contributed by atoms with van der Waals surface area (Å²) >= 11 is 1.97. The Morgan fingerprint density at radius 2 is 1.25 bits per heavy atom. The van der Waals surface area contributed by atoms with Crippen LogP contribution in [0.1, 0.15) is 104 Å². The molecule has 2 atom stereocenters. The molecule has 0 unspecified atom stereocenters. The molecule has 0 radical (unpaired) electrons. The van der Waals surface area contributed by atoms with Crippen LogP contribution in [-0.4, -0.2) is 0 Å². The predicted molar refractivity (Wildman–Crippen MR) is 154 cm³/mol. The highest BCUT2D eigenvalue weighted by atomic mass is 32.1. The van der Waals surface area contributed by atoms with Crippen LogP contribution < -0.4 is 4.57 Å². The Balaban J connectivity index is 1.81. The zero-order valence-corrected chi connectivity index (χ0v) is 23.4. The third kappa shape index (κ3) is 4.93. The Kier molecular flexibility index (Phi) is 7.17. The normalized spacial score (nSPS) is 15.7. The van der Waals surface area contributed by atoms with Gasteiger partial charge in [-0.2, -0.15) is 4.57 Å². The first kappa shape index (κ1) is 25.0. The number of benzene rings is 3. The van der Waals surface area contributed by atoms with Gasteiger partial charge >= 0.3 is 0 Å². The molecular weight excluding hydrogens is 454 g/mol. The molecule has 0 aliphatic heterocycles. The Hall–Kier alpha value is -2.71. The van der Waals surface area contributed by atoms with E-state index in [1.165, 1.54) is 65.6 Å². The molecule has 0 saturated carbocycles. The molecule has 3 aromatic carbocycles. The van der Waals surface area contributed by atoms with Gasteiger partial charge in [0, 0.05) is 29.4 Å². The number of nitrogens with zero attached hydrogens (tertiary/aromatic N) is 1. The van der Waals surface area contributed by atoms with Gasteiger partial charge in [-0.3, -0.25) is 0 Å². The summed E-state index contributed by atoms with van der Waals surface area (Å²) in [5, 5.41) is 0. The van der Waals surface area contributed by atoms with Crippen LogP contribution in [-0.2, 0) is 18.3 Å². The van der Waals surface area contributed by atoms with Crippen molar-refractivity contribution in [3.63, 3.8) is 0 Å². The molecule has 0 fully saturated rings. The van der Waals surface area contributed by atoms with Crippen molar-refractivity contribution in [2.24, 2.45) is 0 Å². The van der Waals surface area contributed by atoms with Gasteiger partial charge in [0.25, 0.3) is 0 Å². The van der Waals surface area contributed by atoms with E-state index in [4.69, 9.17) is 0 Å². The second kappa shape index (κ2) is 10.3. The monoisotopic (exact) mass is 494 g/mol. The zero-order chi connectivity index (χ0) is 25.3. The van der Waals surface area contributed by atoms with E-state index in [-0.39, 0.29) is 5.41 Å². The Morgan fingerprint density at radius 3 is 1.78 bits per heavy atom. The summed E-state index contributed by atoms with van der Waals surface area (Å²) in [6, 6.07) is 27.1. The molecule has 2 heteroatoms. The number of rotatable bonds is 5. The van der Waals surface area contributed by atoms with Crippen LogP contribution in [0.4, 0.5) is 0 Å². The van der Waals surface area contributed by atoms with Gasteiger partial charge in [0.05, 0.1) is 4.88 Å². The van der Waals surface area contributed by atoms with Crippen LogP contribution in [0.2, 0.25) is 0 Å². The topological polar surface area (TPSA) is 3.88 Å². The van der Waals surface area contributed by atoms with E-state index in [1.54, 1.807) is 10.6 Å². The first-order valence-corrected chi connectivity index (χ1v) is 14.5. The van der Waals surface area contributed by atoms with Crippen molar-refractivity contribution in [3.8, 4) is 5.69 Å². The smallest absolute Gasteiger partial charge is 0.153 e. The summed E-state index contributed by atoms with van der Waals surface area (Å²) in [4.78, 5) is 1.59. The van der Waals surface area contributed by atoms with Crippen LogP contribution in [0.5, 0.6) is 0 Å². The van der Waals surface area contributed by atoms with E-state index >= 15 is 0 Å². The van der Waals surface area contributed by atoms with Gasteiger partial charge in [0.15, 0.2) is 0 Å². The van der Waals surface area contributed by atoms with Gasteiger partial charge in [-0.25, -0.2) is 0 Å². The second-order valence-corrected chi connectivity index (χ2v) is 12.5. The quantitative estimate of drug-likeness (QED) is 0.193. The maximum absolute atomic E-state index is 2.60. The van der Waals surface area contributed by atoms with E-state index < -0.39 is 0 Å². The molecule has 1 aliphatic carbocycles. The highest BCUT2D eigenvalue weighted by Gasteiger charge is 2.33. The minimum atomic E-state index is 0.0745. The standard InChI is InChI=1S/C34H40NS/c1-24(26-15-9-6-10-16-26)29-21-28(34(3,4)5)22-30(25(2)27-17-11-7-12-18-27)33(29)35-23-36-32-20-14-8-13-19-31(32)35/h6-7,9-12,15-18,21-25H,8,13-14,19-20H2,1-5H3/q+1/t24-,25-/m1/s1. The van der Waals surface area contributed by atoms with Gasteiger partial charge in [-0.1, -0.05) is 113 Å². The lowest BCUT2D eigenvalue weighted by atomic mass is 9.78. The molecule has 0 bridgehead atoms. The Bertz CT molecular complexity index is 1240. The average molecular weight is 495 g/mol. The molecule has 0 amide bonds. The fraction of sp³-hybridized carbons (Fsp3) is 0.382. The lowest BCUT2D eigenvalue weighted by Crippen LogP contribution is -2.37. The van der Waals surface area contributed by atoms with Crippen LogP contribution in [0, 0.1) is 0 Å². The summed E-state index contributed by atoms with van der Waals surface area (Å²) in [6.45, 7) is 11.8. The minimum absolute atomic E-state index is 0.0745. The zero-order valence-electron chi connectivity index (χ0n) is 22.6. The predicted octanol–water partition coefficient (Wildman–Crippen LogP) is 8.89. The van der Waals surface area contributed by atoms with Crippen molar-refractivity contribution in [1.29, 1.82) is 0 Å². The molecule has 0 spiro atoms. The van der Waals surface area contributed by atoms with Crippen molar-refractivity contribution in [1.82, 2.24) is 0 Å². The van der Waals surface area contributed by atoms with Gasteiger partial charge in [0.1, 0.15) is 0 Å². The van der Waals surface area contributed by atoms with Crippen molar-refractivity contribution in [2.75, 3.05) is 0 Å². The second-order valence-electron chi connectivity index (χ2n) is 11.5. The molecule has 5 rings (SSSR count). The summed E-state index contributed by atoms with van der Waals surface area (Å²) in [7, 11) is 0. The molecule has 186 valence electrons. The van der Waals surface area contributed by atoms with Crippen LogP contribution in [0.3, 0.4) is 0 Å². The lowest BCUT2D eigenvalue weighted by Gasteiger charge is -2.26. The van der Waals surface area contributed by atoms with Crippen molar-refractivity contribution >= 4 is 11.3 Å². The van der Waals surface area contributed by atoms with Crippen LogP contribution >= 0.6 is 11.3 Å². The van der Waals surface area contributed by atoms with Gasteiger partial charge in [0.2, 0.25) is 16.9 Å². The summed E-state index contributed by atoms with van der Waals surface area (Å²) < 4.78 is 2.60. The largest absolute Gasteiger partial charge is 0.231 e. The Labute approximate surface area is 221 Å². The Morgan fingerprint density at radius 1 is 0.722 bits per heavy atom. The van der Waals surface area contributed by atoms with E-state index in [2.05, 4.69) is 117 Å². The SMILES string of the molecule is C[C@H](c1ccccc1)c1cc(C(C)(C)C)cc([C@H](C)c2ccccc2)c1-[n+]1csc2c1CCCCC2. The highest BCUT2D eigenvalue weighted by molar-refractivity contribution is 7.09. The maximum atomic E-state index is 2.60.